The van der Waals surface area contributed by atoms with Crippen molar-refractivity contribution in [3.05, 3.63) is 77.0 Å². The molecule has 0 aliphatic heterocycles. The highest BCUT2D eigenvalue weighted by molar-refractivity contribution is 5.78. The normalized spacial score (nSPS) is 11.0. The van der Waals surface area contributed by atoms with E-state index in [2.05, 4.69) is 15.2 Å². The number of H-pyrrole nitrogens is 1. The van der Waals surface area contributed by atoms with Crippen molar-refractivity contribution in [2.45, 2.75) is 6.92 Å². The standard InChI is InChI=1S/C18H14N4O/c1-12-16(13-7-3-2-4-8-13)17(21-20-12)22-11-19-15-10-6-5-9-14(15)18(22)23/h2-11H,1H3,(H,20,21). The number of para-hydroxylation sites is 1. The van der Waals surface area contributed by atoms with Gasteiger partial charge in [-0.1, -0.05) is 42.5 Å². The molecule has 0 aliphatic carbocycles. The van der Waals surface area contributed by atoms with E-state index >= 15 is 0 Å². The summed E-state index contributed by atoms with van der Waals surface area (Å²) in [5.41, 5.74) is 3.38. The van der Waals surface area contributed by atoms with Crippen molar-refractivity contribution in [3.8, 4) is 16.9 Å². The lowest BCUT2D eigenvalue weighted by Gasteiger charge is -2.07. The van der Waals surface area contributed by atoms with E-state index in [1.54, 1.807) is 6.07 Å². The summed E-state index contributed by atoms with van der Waals surface area (Å²) >= 11 is 0. The maximum absolute atomic E-state index is 12.8. The van der Waals surface area contributed by atoms with Gasteiger partial charge in [0.25, 0.3) is 5.56 Å². The van der Waals surface area contributed by atoms with Crippen molar-refractivity contribution < 1.29 is 0 Å². The van der Waals surface area contributed by atoms with Gasteiger partial charge in [-0.15, -0.1) is 0 Å². The molecule has 0 fully saturated rings. The summed E-state index contributed by atoms with van der Waals surface area (Å²) in [5.74, 6) is 0.567. The minimum Gasteiger partial charge on any atom is -0.280 e. The molecule has 0 unspecified atom stereocenters. The van der Waals surface area contributed by atoms with Crippen LogP contribution in [0.5, 0.6) is 0 Å². The first-order valence-corrected chi connectivity index (χ1v) is 7.33. The van der Waals surface area contributed by atoms with Gasteiger partial charge in [-0.05, 0) is 24.6 Å². The summed E-state index contributed by atoms with van der Waals surface area (Å²) < 4.78 is 1.49. The molecule has 2 aromatic carbocycles. The number of aromatic amines is 1. The Morgan fingerprint density at radius 3 is 2.57 bits per heavy atom. The fourth-order valence-electron chi connectivity index (χ4n) is 2.76. The van der Waals surface area contributed by atoms with Gasteiger partial charge in [-0.3, -0.25) is 9.89 Å². The van der Waals surface area contributed by atoms with Gasteiger partial charge in [0.15, 0.2) is 5.82 Å². The summed E-state index contributed by atoms with van der Waals surface area (Å²) in [4.78, 5) is 17.2. The molecular formula is C18H14N4O. The van der Waals surface area contributed by atoms with Gasteiger partial charge in [0.1, 0.15) is 6.33 Å². The zero-order chi connectivity index (χ0) is 15.8. The van der Waals surface area contributed by atoms with Crippen molar-refractivity contribution in [1.29, 1.82) is 0 Å². The highest BCUT2D eigenvalue weighted by Gasteiger charge is 2.16. The Labute approximate surface area is 132 Å². The number of nitrogens with one attached hydrogen (secondary N) is 1. The fourth-order valence-corrected chi connectivity index (χ4v) is 2.76. The summed E-state index contributed by atoms with van der Waals surface area (Å²) in [6, 6.07) is 17.2. The predicted molar refractivity (Wildman–Crippen MR) is 89.7 cm³/mol. The number of nitrogens with zero attached hydrogens (tertiary/aromatic N) is 3. The van der Waals surface area contributed by atoms with Gasteiger partial charge in [0.2, 0.25) is 0 Å². The minimum atomic E-state index is -0.126. The smallest absolute Gasteiger partial charge is 0.267 e. The third kappa shape index (κ3) is 2.14. The first-order valence-electron chi connectivity index (χ1n) is 7.33. The molecule has 5 nitrogen and oxygen atoms in total. The van der Waals surface area contributed by atoms with Crippen molar-refractivity contribution in [1.82, 2.24) is 19.7 Å². The van der Waals surface area contributed by atoms with Crippen LogP contribution in [0.2, 0.25) is 0 Å². The van der Waals surface area contributed by atoms with Gasteiger partial charge in [-0.2, -0.15) is 5.10 Å². The molecule has 2 aromatic heterocycles. The van der Waals surface area contributed by atoms with Crippen molar-refractivity contribution in [2.75, 3.05) is 0 Å². The summed E-state index contributed by atoms with van der Waals surface area (Å²) in [6.45, 7) is 1.94. The average molecular weight is 302 g/mol. The van der Waals surface area contributed by atoms with E-state index in [1.807, 2.05) is 55.5 Å². The van der Waals surface area contributed by atoms with Crippen LogP contribution in [0.1, 0.15) is 5.69 Å². The van der Waals surface area contributed by atoms with Crippen LogP contribution in [0.4, 0.5) is 0 Å². The maximum atomic E-state index is 12.8. The molecule has 23 heavy (non-hydrogen) atoms. The zero-order valence-corrected chi connectivity index (χ0v) is 12.5. The molecule has 0 spiro atoms. The van der Waals surface area contributed by atoms with E-state index in [-0.39, 0.29) is 5.56 Å². The number of aryl methyl sites for hydroxylation is 1. The van der Waals surface area contributed by atoms with Crippen LogP contribution in [0, 0.1) is 6.92 Å². The Balaban J connectivity index is 2.00. The molecule has 4 rings (SSSR count). The second-order valence-corrected chi connectivity index (χ2v) is 5.35. The fraction of sp³-hybridized carbons (Fsp3) is 0.0556. The molecule has 4 aromatic rings. The van der Waals surface area contributed by atoms with Gasteiger partial charge >= 0.3 is 0 Å². The van der Waals surface area contributed by atoms with Gasteiger partial charge in [0.05, 0.1) is 10.9 Å². The monoisotopic (exact) mass is 302 g/mol. The van der Waals surface area contributed by atoms with E-state index in [0.29, 0.717) is 16.7 Å². The first-order chi connectivity index (χ1) is 11.3. The van der Waals surface area contributed by atoms with E-state index in [9.17, 15) is 4.79 Å². The van der Waals surface area contributed by atoms with Crippen LogP contribution in [-0.2, 0) is 0 Å². The second-order valence-electron chi connectivity index (χ2n) is 5.35. The van der Waals surface area contributed by atoms with E-state index < -0.39 is 0 Å². The molecule has 112 valence electrons. The lowest BCUT2D eigenvalue weighted by molar-refractivity contribution is 0.899. The Hall–Kier alpha value is -3.21. The SMILES string of the molecule is Cc1[nH]nc(-n2cnc3ccccc3c2=O)c1-c1ccccc1. The summed E-state index contributed by atoms with van der Waals surface area (Å²) in [7, 11) is 0. The molecular weight excluding hydrogens is 288 g/mol. The molecule has 5 heteroatoms. The van der Waals surface area contributed by atoms with E-state index in [1.165, 1.54) is 10.9 Å². The maximum Gasteiger partial charge on any atom is 0.267 e. The zero-order valence-electron chi connectivity index (χ0n) is 12.5. The molecule has 2 heterocycles. The van der Waals surface area contributed by atoms with Crippen LogP contribution < -0.4 is 5.56 Å². The van der Waals surface area contributed by atoms with Gasteiger partial charge in [-0.25, -0.2) is 9.55 Å². The van der Waals surface area contributed by atoms with Crippen molar-refractivity contribution >= 4 is 10.9 Å². The van der Waals surface area contributed by atoms with Crippen LogP contribution >= 0.6 is 0 Å². The largest absolute Gasteiger partial charge is 0.280 e. The van der Waals surface area contributed by atoms with Crippen LogP contribution in [-0.4, -0.2) is 19.7 Å². The molecule has 0 amide bonds. The minimum absolute atomic E-state index is 0.126. The summed E-state index contributed by atoms with van der Waals surface area (Å²) in [6.07, 6.45) is 1.53. The lowest BCUT2D eigenvalue weighted by Crippen LogP contribution is -2.19. The molecule has 0 saturated heterocycles. The van der Waals surface area contributed by atoms with Crippen LogP contribution in [0.25, 0.3) is 27.8 Å². The van der Waals surface area contributed by atoms with Crippen LogP contribution in [0.3, 0.4) is 0 Å². The topological polar surface area (TPSA) is 63.6 Å². The number of rotatable bonds is 2. The third-order valence-electron chi connectivity index (χ3n) is 3.88. The quantitative estimate of drug-likeness (QED) is 0.619. The first kappa shape index (κ1) is 13.5. The van der Waals surface area contributed by atoms with Crippen LogP contribution in [0.15, 0.2) is 65.7 Å². The van der Waals surface area contributed by atoms with E-state index in [0.717, 1.165) is 16.8 Å². The number of hydrogen-bond donors (Lipinski definition) is 1. The second kappa shape index (κ2) is 5.21. The van der Waals surface area contributed by atoms with Gasteiger partial charge < -0.3 is 0 Å². The predicted octanol–water partition coefficient (Wildman–Crippen LogP) is 3.08. The van der Waals surface area contributed by atoms with E-state index in [4.69, 9.17) is 0 Å². The highest BCUT2D eigenvalue weighted by Crippen LogP contribution is 2.27. The number of fused-ring (bicyclic) bond motifs is 1. The Kier molecular flexibility index (Phi) is 3.05. The summed E-state index contributed by atoms with van der Waals surface area (Å²) in [5, 5.41) is 7.88. The third-order valence-corrected chi connectivity index (χ3v) is 3.88. The number of benzene rings is 2. The van der Waals surface area contributed by atoms with Gasteiger partial charge in [0, 0.05) is 11.3 Å². The number of aromatic nitrogens is 4. The average Bonchev–Trinajstić information content (AvgIpc) is 2.98. The Bertz CT molecular complexity index is 1050. The molecule has 0 saturated carbocycles. The molecule has 1 N–H and O–H groups in total. The lowest BCUT2D eigenvalue weighted by atomic mass is 10.1. The highest BCUT2D eigenvalue weighted by atomic mass is 16.1. The van der Waals surface area contributed by atoms with Crippen molar-refractivity contribution in [2.24, 2.45) is 0 Å². The number of hydrogen-bond acceptors (Lipinski definition) is 3. The molecule has 0 aliphatic rings. The molecule has 0 radical (unpaired) electrons. The Morgan fingerprint density at radius 1 is 1.00 bits per heavy atom. The van der Waals surface area contributed by atoms with Crippen molar-refractivity contribution in [3.63, 3.8) is 0 Å². The molecule has 0 atom stereocenters. The molecule has 0 bridgehead atoms. The Morgan fingerprint density at radius 2 is 1.74 bits per heavy atom.